The molecule has 0 saturated carbocycles. The summed E-state index contributed by atoms with van der Waals surface area (Å²) in [6.07, 6.45) is 0. The molecule has 0 spiro atoms. The van der Waals surface area contributed by atoms with Gasteiger partial charge >= 0.3 is 5.09 Å². The van der Waals surface area contributed by atoms with Crippen LogP contribution in [-0.2, 0) is 0 Å². The van der Waals surface area contributed by atoms with Crippen LogP contribution >= 0.6 is 42.7 Å². The third-order valence-corrected chi connectivity index (χ3v) is 5.10. The Labute approximate surface area is 139 Å². The molecule has 0 saturated heterocycles. The van der Waals surface area contributed by atoms with Gasteiger partial charge in [-0.25, -0.2) is 0 Å². The average molecular weight is 427 g/mol. The summed E-state index contributed by atoms with van der Waals surface area (Å²) in [4.78, 5) is 0. The van der Waals surface area contributed by atoms with Crippen molar-refractivity contribution in [3.05, 3.63) is 51.8 Å². The van der Waals surface area contributed by atoms with E-state index in [1.807, 2.05) is 42.5 Å². The summed E-state index contributed by atoms with van der Waals surface area (Å²) in [6, 6.07) is 13.4. The number of halogens is 2. The van der Waals surface area contributed by atoms with Gasteiger partial charge in [-0.3, -0.25) is 0 Å². The number of hydrogen-bond donors (Lipinski definition) is 0. The minimum Gasteiger partial charge on any atom is -0.449 e. The van der Waals surface area contributed by atoms with Crippen LogP contribution in [0.25, 0.3) is 27.4 Å². The fraction of sp³-hybridized carbons (Fsp3) is 0. The molecule has 0 N–H and O–H groups in total. The first-order valence-corrected chi connectivity index (χ1v) is 8.74. The van der Waals surface area contributed by atoms with Crippen molar-refractivity contribution in [3.8, 4) is 16.4 Å². The molecule has 7 heteroatoms. The first kappa shape index (κ1) is 13.2. The highest BCUT2D eigenvalue weighted by molar-refractivity contribution is 9.10. The minimum atomic E-state index is -0.612. The monoisotopic (exact) mass is 425 g/mol. The van der Waals surface area contributed by atoms with Crippen LogP contribution in [0.1, 0.15) is 0 Å². The Morgan fingerprint density at radius 1 is 0.810 bits per heavy atom. The van der Waals surface area contributed by atoms with Crippen LogP contribution < -0.4 is 0 Å². The Balaban J connectivity index is 1.81. The highest BCUT2D eigenvalue weighted by atomic mass is 79.9. The molecule has 0 aliphatic carbocycles. The fourth-order valence-corrected chi connectivity index (χ4v) is 3.96. The molecule has 104 valence electrons. The Morgan fingerprint density at radius 3 is 2.29 bits per heavy atom. The molecule has 4 nitrogen and oxygen atoms in total. The molecule has 0 radical (unpaired) electrons. The van der Waals surface area contributed by atoms with Crippen LogP contribution in [-0.4, -0.2) is 8.75 Å². The van der Waals surface area contributed by atoms with E-state index >= 15 is 0 Å². The lowest BCUT2D eigenvalue weighted by molar-refractivity contribution is 0.556. The molecule has 1 atom stereocenters. The standard InChI is InChI=1S/C14H7Br2N2O2S/c15-12-4-3-11(19-12)8-1-2-9-10(7-8)18-21(17-9)14-6-5-13(16)20-14/h1-7H/q+1. The molecule has 4 rings (SSSR count). The number of furan rings is 2. The number of hydrogen-bond acceptors (Lipinski definition) is 4. The largest absolute Gasteiger partial charge is 0.449 e. The first-order chi connectivity index (χ1) is 10.2. The summed E-state index contributed by atoms with van der Waals surface area (Å²) in [5.74, 6) is 0.799. The normalized spacial score (nSPS) is 12.2. The van der Waals surface area contributed by atoms with Crippen molar-refractivity contribution in [1.29, 1.82) is 0 Å². The van der Waals surface area contributed by atoms with Crippen molar-refractivity contribution in [2.75, 3.05) is 0 Å². The van der Waals surface area contributed by atoms with Gasteiger partial charge in [0.25, 0.3) is 10.9 Å². The van der Waals surface area contributed by atoms with Gasteiger partial charge < -0.3 is 8.83 Å². The molecule has 0 aliphatic heterocycles. The van der Waals surface area contributed by atoms with E-state index in [1.54, 1.807) is 0 Å². The number of benzene rings is 1. The van der Waals surface area contributed by atoms with E-state index in [0.29, 0.717) is 9.34 Å². The highest BCUT2D eigenvalue weighted by Gasteiger charge is 2.22. The topological polar surface area (TPSA) is 52.1 Å². The Bertz CT molecular complexity index is 903. The van der Waals surface area contributed by atoms with Crippen molar-refractivity contribution in [2.45, 2.75) is 0 Å². The second kappa shape index (κ2) is 5.08. The van der Waals surface area contributed by atoms with Gasteiger partial charge in [0.15, 0.2) is 20.4 Å². The second-order valence-corrected chi connectivity index (χ2v) is 7.17. The van der Waals surface area contributed by atoms with Crippen molar-refractivity contribution in [1.82, 2.24) is 8.75 Å². The maximum absolute atomic E-state index is 5.57. The van der Waals surface area contributed by atoms with E-state index in [4.69, 9.17) is 8.83 Å². The molecule has 0 amide bonds. The first-order valence-electron chi connectivity index (χ1n) is 6.02. The fourth-order valence-electron chi connectivity index (χ4n) is 1.99. The molecule has 1 unspecified atom stereocenters. The Morgan fingerprint density at radius 2 is 1.57 bits per heavy atom. The van der Waals surface area contributed by atoms with E-state index in [0.717, 1.165) is 27.4 Å². The number of aromatic nitrogens is 2. The van der Waals surface area contributed by atoms with Gasteiger partial charge in [0, 0.05) is 11.6 Å². The van der Waals surface area contributed by atoms with Gasteiger partial charge in [-0.15, -0.1) is 0 Å². The molecule has 0 aliphatic rings. The number of rotatable bonds is 2. The predicted molar refractivity (Wildman–Crippen MR) is 88.7 cm³/mol. The van der Waals surface area contributed by atoms with Crippen molar-refractivity contribution >= 4 is 53.8 Å². The van der Waals surface area contributed by atoms with Gasteiger partial charge in [-0.1, -0.05) is 0 Å². The van der Waals surface area contributed by atoms with Gasteiger partial charge in [0.1, 0.15) is 5.76 Å². The van der Waals surface area contributed by atoms with Crippen LogP contribution in [0.2, 0.25) is 0 Å². The lowest BCUT2D eigenvalue weighted by Crippen LogP contribution is -1.74. The third-order valence-electron chi connectivity index (χ3n) is 2.93. The molecule has 3 heterocycles. The van der Waals surface area contributed by atoms with Gasteiger partial charge in [-0.05, 0) is 77.0 Å². The van der Waals surface area contributed by atoms with Crippen LogP contribution in [0.3, 0.4) is 0 Å². The van der Waals surface area contributed by atoms with Crippen molar-refractivity contribution in [2.24, 2.45) is 0 Å². The average Bonchev–Trinajstić information content (AvgIpc) is 3.16. The maximum atomic E-state index is 5.57. The quantitative estimate of drug-likeness (QED) is 0.383. The lowest BCUT2D eigenvalue weighted by Gasteiger charge is -1.94. The summed E-state index contributed by atoms with van der Waals surface area (Å²) in [6.45, 7) is 0. The summed E-state index contributed by atoms with van der Waals surface area (Å²) >= 11 is 6.61. The van der Waals surface area contributed by atoms with E-state index in [1.165, 1.54) is 0 Å². The van der Waals surface area contributed by atoms with Crippen molar-refractivity contribution in [3.63, 3.8) is 0 Å². The smallest absolute Gasteiger partial charge is 0.390 e. The molecule has 21 heavy (non-hydrogen) atoms. The molecule has 0 bridgehead atoms. The van der Waals surface area contributed by atoms with Gasteiger partial charge in [0.2, 0.25) is 0 Å². The minimum absolute atomic E-state index is 0.612. The van der Waals surface area contributed by atoms with Gasteiger partial charge in [-0.2, -0.15) is 0 Å². The SMILES string of the molecule is Brc1ccc(-c2ccc3n[s+](-c4ccc(Br)o4)nc3c2)o1. The molecular weight excluding hydrogens is 420 g/mol. The van der Waals surface area contributed by atoms with Crippen LogP contribution in [0.4, 0.5) is 0 Å². The van der Waals surface area contributed by atoms with Crippen molar-refractivity contribution < 1.29 is 8.83 Å². The Kier molecular flexibility index (Phi) is 3.20. The zero-order valence-corrected chi connectivity index (χ0v) is 14.4. The highest BCUT2D eigenvalue weighted by Crippen LogP contribution is 2.33. The summed E-state index contributed by atoms with van der Waals surface area (Å²) in [5.41, 5.74) is 2.71. The lowest BCUT2D eigenvalue weighted by atomic mass is 10.1. The Hall–Kier alpha value is -1.44. The third kappa shape index (κ3) is 2.45. The second-order valence-electron chi connectivity index (χ2n) is 4.31. The predicted octanol–water partition coefficient (Wildman–Crippen LogP) is 5.75. The zero-order valence-electron chi connectivity index (χ0n) is 10.4. The van der Waals surface area contributed by atoms with E-state index in [2.05, 4.69) is 40.6 Å². The summed E-state index contributed by atoms with van der Waals surface area (Å²) in [7, 11) is -0.612. The molecule has 1 aromatic carbocycles. The molecule has 3 aromatic heterocycles. The molecule has 0 fully saturated rings. The van der Waals surface area contributed by atoms with E-state index in [-0.39, 0.29) is 0 Å². The number of fused-ring (bicyclic) bond motifs is 1. The molecular formula is C14H7Br2N2O2S+. The van der Waals surface area contributed by atoms with Gasteiger partial charge in [0.05, 0.1) is 0 Å². The van der Waals surface area contributed by atoms with Crippen LogP contribution in [0.5, 0.6) is 0 Å². The summed E-state index contributed by atoms with van der Waals surface area (Å²) < 4.78 is 21.7. The van der Waals surface area contributed by atoms with E-state index < -0.39 is 10.9 Å². The maximum Gasteiger partial charge on any atom is 0.390 e. The van der Waals surface area contributed by atoms with Crippen LogP contribution in [0, 0.1) is 0 Å². The molecule has 4 aromatic rings. The zero-order chi connectivity index (χ0) is 14.4. The number of nitrogens with zero attached hydrogens (tertiary/aromatic N) is 2. The van der Waals surface area contributed by atoms with Crippen LogP contribution in [0.15, 0.2) is 60.6 Å². The van der Waals surface area contributed by atoms with E-state index in [9.17, 15) is 0 Å². The summed E-state index contributed by atoms with van der Waals surface area (Å²) in [5, 5.41) is 0.750.